The van der Waals surface area contributed by atoms with E-state index in [9.17, 15) is 14.7 Å². The highest BCUT2D eigenvalue weighted by atomic mass is 32.2. The largest absolute Gasteiger partial charge is 0.478 e. The Balaban J connectivity index is 1.74. The van der Waals surface area contributed by atoms with E-state index in [1.165, 1.54) is 34.6 Å². The molecule has 2 unspecified atom stereocenters. The quantitative estimate of drug-likeness (QED) is 0.595. The number of β-lactam (4-membered cyclic amide) rings is 1. The van der Waals surface area contributed by atoms with Crippen LogP contribution in [0.15, 0.2) is 35.4 Å². The number of aromatic nitrogens is 2. The number of carbonyl (C=O) groups is 2. The van der Waals surface area contributed by atoms with Crippen LogP contribution in [0.1, 0.15) is 0 Å². The molecule has 0 spiro atoms. The van der Waals surface area contributed by atoms with Crippen molar-refractivity contribution in [3.63, 3.8) is 0 Å². The molecule has 0 aliphatic carbocycles. The Morgan fingerprint density at radius 2 is 2.33 bits per heavy atom. The number of hydrogen-bond acceptors (Lipinski definition) is 7. The summed E-state index contributed by atoms with van der Waals surface area (Å²) in [5, 5.41) is 9.62. The molecule has 1 aromatic heterocycles. The average Bonchev–Trinajstić information content (AvgIpc) is 2.52. The van der Waals surface area contributed by atoms with Gasteiger partial charge in [-0.2, -0.15) is 0 Å². The van der Waals surface area contributed by atoms with Crippen LogP contribution in [-0.2, 0) is 9.59 Å². The van der Waals surface area contributed by atoms with Crippen molar-refractivity contribution in [2.45, 2.75) is 21.7 Å². The molecule has 9 heteroatoms. The molecule has 1 aromatic rings. The zero-order chi connectivity index (χ0) is 15.0. The summed E-state index contributed by atoms with van der Waals surface area (Å²) in [5.74, 6) is -0.711. The summed E-state index contributed by atoms with van der Waals surface area (Å²) in [6.07, 6.45) is 6.22. The molecule has 2 aliphatic heterocycles. The van der Waals surface area contributed by atoms with Crippen molar-refractivity contribution in [3.05, 3.63) is 30.4 Å². The van der Waals surface area contributed by atoms with Crippen LogP contribution in [0, 0.1) is 0 Å². The summed E-state index contributed by atoms with van der Waals surface area (Å²) in [4.78, 5) is 32.4. The summed E-state index contributed by atoms with van der Waals surface area (Å²) in [6.45, 7) is 0. The molecule has 3 rings (SSSR count). The lowest BCUT2D eigenvalue weighted by atomic mass is 10.1. The maximum absolute atomic E-state index is 11.6. The van der Waals surface area contributed by atoms with Crippen molar-refractivity contribution < 1.29 is 14.7 Å². The van der Waals surface area contributed by atoms with Crippen molar-refractivity contribution in [1.82, 2.24) is 14.9 Å². The molecule has 0 radical (unpaired) electrons. The van der Waals surface area contributed by atoms with Gasteiger partial charge in [-0.05, 0) is 0 Å². The predicted molar refractivity (Wildman–Crippen MR) is 78.5 cm³/mol. The fraction of sp³-hybridized carbons (Fsp3) is 0.333. The van der Waals surface area contributed by atoms with Gasteiger partial charge in [0.2, 0.25) is 5.91 Å². The van der Waals surface area contributed by atoms with Gasteiger partial charge in [0.15, 0.2) is 0 Å². The lowest BCUT2D eigenvalue weighted by molar-refractivity contribution is -0.140. The van der Waals surface area contributed by atoms with Gasteiger partial charge < -0.3 is 15.7 Å². The second kappa shape index (κ2) is 5.66. The Morgan fingerprint density at radius 3 is 3.00 bits per heavy atom. The van der Waals surface area contributed by atoms with E-state index in [1.807, 2.05) is 0 Å². The van der Waals surface area contributed by atoms with Crippen molar-refractivity contribution in [2.24, 2.45) is 5.73 Å². The van der Waals surface area contributed by atoms with Gasteiger partial charge in [-0.1, -0.05) is 0 Å². The van der Waals surface area contributed by atoms with Gasteiger partial charge in [-0.15, -0.1) is 23.5 Å². The van der Waals surface area contributed by atoms with Crippen molar-refractivity contribution in [1.29, 1.82) is 0 Å². The zero-order valence-electron chi connectivity index (χ0n) is 10.7. The lowest BCUT2D eigenvalue weighted by Crippen LogP contribution is -2.67. The van der Waals surface area contributed by atoms with E-state index >= 15 is 0 Å². The molecule has 0 saturated carbocycles. The van der Waals surface area contributed by atoms with Crippen LogP contribution < -0.4 is 5.73 Å². The molecule has 1 amide bonds. The highest BCUT2D eigenvalue weighted by molar-refractivity contribution is 8.04. The van der Waals surface area contributed by atoms with Crippen LogP contribution >= 0.6 is 23.5 Å². The summed E-state index contributed by atoms with van der Waals surface area (Å²) >= 11 is 2.85. The summed E-state index contributed by atoms with van der Waals surface area (Å²) in [6, 6.07) is -0.550. The number of nitrogens with zero attached hydrogens (tertiary/aromatic N) is 3. The third-order valence-corrected chi connectivity index (χ3v) is 5.98. The number of rotatable bonds is 4. The summed E-state index contributed by atoms with van der Waals surface area (Å²) in [7, 11) is 0. The molecule has 0 bridgehead atoms. The molecular weight excluding hydrogens is 312 g/mol. The third kappa shape index (κ3) is 2.63. The normalized spacial score (nSPS) is 27.7. The van der Waals surface area contributed by atoms with Crippen molar-refractivity contribution >= 4 is 35.4 Å². The maximum Gasteiger partial charge on any atom is 0.334 e. The Morgan fingerprint density at radius 1 is 1.52 bits per heavy atom. The molecule has 2 aliphatic rings. The standard InChI is InChI=1S/C12H12N4O3S2/c13-9-10(17)16-4-6(12(18)19)7(21-11(9)16)5-20-8-3-14-1-2-15-8/h1-4,7,9,11H,5,13H2,(H,18,19)/t7?,9?,11-/m1/s1. The van der Waals surface area contributed by atoms with E-state index in [4.69, 9.17) is 5.73 Å². The van der Waals surface area contributed by atoms with E-state index in [1.54, 1.807) is 18.6 Å². The maximum atomic E-state index is 11.6. The second-order valence-electron chi connectivity index (χ2n) is 4.53. The van der Waals surface area contributed by atoms with Gasteiger partial charge in [0, 0.05) is 29.6 Å². The number of fused-ring (bicyclic) bond motifs is 1. The summed E-state index contributed by atoms with van der Waals surface area (Å²) < 4.78 is 0. The van der Waals surface area contributed by atoms with Gasteiger partial charge >= 0.3 is 5.97 Å². The number of hydrogen-bond donors (Lipinski definition) is 2. The first-order chi connectivity index (χ1) is 10.1. The number of carboxylic acid groups (broad SMARTS) is 1. The number of amides is 1. The van der Waals surface area contributed by atoms with Gasteiger partial charge in [0.25, 0.3) is 0 Å². The smallest absolute Gasteiger partial charge is 0.334 e. The van der Waals surface area contributed by atoms with E-state index in [-0.39, 0.29) is 22.1 Å². The van der Waals surface area contributed by atoms with Crippen molar-refractivity contribution in [3.8, 4) is 0 Å². The molecule has 3 atom stereocenters. The van der Waals surface area contributed by atoms with Crippen LogP contribution in [0.4, 0.5) is 0 Å². The van der Waals surface area contributed by atoms with E-state index in [2.05, 4.69) is 9.97 Å². The molecule has 3 N–H and O–H groups in total. The van der Waals surface area contributed by atoms with Gasteiger partial charge in [0.1, 0.15) is 16.4 Å². The number of nitrogens with two attached hydrogens (primary N) is 1. The average molecular weight is 324 g/mol. The molecule has 0 aromatic carbocycles. The molecule has 7 nitrogen and oxygen atoms in total. The minimum atomic E-state index is -1.01. The monoisotopic (exact) mass is 324 g/mol. The Bertz CT molecular complexity index is 610. The second-order valence-corrected chi connectivity index (χ2v) is 6.90. The Kier molecular flexibility index (Phi) is 3.87. The molecule has 3 heterocycles. The van der Waals surface area contributed by atoms with E-state index < -0.39 is 12.0 Å². The lowest BCUT2D eigenvalue weighted by Gasteiger charge is -2.47. The molecule has 1 saturated heterocycles. The van der Waals surface area contributed by atoms with E-state index in [0.717, 1.165) is 5.03 Å². The van der Waals surface area contributed by atoms with Gasteiger partial charge in [-0.25, -0.2) is 9.78 Å². The first-order valence-electron chi connectivity index (χ1n) is 6.15. The first-order valence-corrected chi connectivity index (χ1v) is 8.08. The molecule has 21 heavy (non-hydrogen) atoms. The SMILES string of the molecule is NC1C(=O)N2C=C(C(=O)O)C(CSc3cnccn3)S[C@H]12. The van der Waals surface area contributed by atoms with Gasteiger partial charge in [0.05, 0.1) is 11.8 Å². The van der Waals surface area contributed by atoms with Crippen LogP contribution in [0.5, 0.6) is 0 Å². The fourth-order valence-corrected chi connectivity index (χ4v) is 4.63. The van der Waals surface area contributed by atoms with Gasteiger partial charge in [-0.3, -0.25) is 9.78 Å². The van der Waals surface area contributed by atoms with Crippen LogP contribution in [0.2, 0.25) is 0 Å². The Labute approximate surface area is 129 Å². The zero-order valence-corrected chi connectivity index (χ0v) is 12.4. The number of aliphatic carboxylic acids is 1. The molecular formula is C12H12N4O3S2. The third-order valence-electron chi connectivity index (χ3n) is 3.22. The minimum absolute atomic E-state index is 0.173. The minimum Gasteiger partial charge on any atom is -0.478 e. The van der Waals surface area contributed by atoms with Crippen LogP contribution in [0.3, 0.4) is 0 Å². The molecule has 1 fully saturated rings. The summed E-state index contributed by atoms with van der Waals surface area (Å²) in [5.41, 5.74) is 5.97. The Hall–Kier alpha value is -1.58. The van der Waals surface area contributed by atoms with Crippen LogP contribution in [-0.4, -0.2) is 54.3 Å². The number of thioether (sulfide) groups is 2. The topological polar surface area (TPSA) is 109 Å². The van der Waals surface area contributed by atoms with Crippen molar-refractivity contribution in [2.75, 3.05) is 5.75 Å². The highest BCUT2D eigenvalue weighted by Crippen LogP contribution is 2.41. The highest BCUT2D eigenvalue weighted by Gasteiger charge is 2.49. The fourth-order valence-electron chi connectivity index (χ4n) is 2.12. The first kappa shape index (κ1) is 14.4. The predicted octanol–water partition coefficient (Wildman–Crippen LogP) is 0.148. The number of carbonyl (C=O) groups excluding carboxylic acids is 1. The molecule has 110 valence electrons. The number of carboxylic acids is 1. The van der Waals surface area contributed by atoms with E-state index in [0.29, 0.717) is 5.75 Å². The van der Waals surface area contributed by atoms with Crippen LogP contribution in [0.25, 0.3) is 0 Å².